The summed E-state index contributed by atoms with van der Waals surface area (Å²) in [5.74, 6) is -0.585. The number of anilines is 3. The van der Waals surface area contributed by atoms with E-state index >= 15 is 0 Å². The van der Waals surface area contributed by atoms with E-state index in [0.29, 0.717) is 0 Å². The molecule has 0 atom stereocenters. The van der Waals surface area contributed by atoms with Gasteiger partial charge < -0.3 is 5.32 Å². The Morgan fingerprint density at radius 1 is 0.676 bits per heavy atom. The first-order valence-electron chi connectivity index (χ1n) is 10.2. The first-order valence-corrected chi connectivity index (χ1v) is 14.7. The van der Waals surface area contributed by atoms with Crippen LogP contribution >= 0.6 is 46.4 Å². The lowest BCUT2D eigenvalue weighted by molar-refractivity contribution is 0.103. The molecule has 0 saturated heterocycles. The number of hydrogen-bond donors (Lipinski definition) is 3. The highest BCUT2D eigenvalue weighted by atomic mass is 35.5. The summed E-state index contributed by atoms with van der Waals surface area (Å²) < 4.78 is 58.9. The predicted octanol–water partition coefficient (Wildman–Crippen LogP) is 6.62. The molecule has 37 heavy (non-hydrogen) atoms. The minimum absolute atomic E-state index is 0.0140. The third-order valence-electron chi connectivity index (χ3n) is 5.50. The summed E-state index contributed by atoms with van der Waals surface area (Å²) in [5.41, 5.74) is -0.00394. The van der Waals surface area contributed by atoms with E-state index in [0.717, 1.165) is 6.07 Å². The number of carbonyl (C=O) groups is 1. The predicted molar refractivity (Wildman–Crippen MR) is 146 cm³/mol. The SMILES string of the molecule is O=C1Nc2c(S(=O)(=O)Nc3cc(Cl)ccc3Cl)cc(S(=O)(=O)Nc3cc(Cl)ccc3Cl)c3cccc1c23. The molecule has 14 heteroatoms. The van der Waals surface area contributed by atoms with Crippen LogP contribution in [0.2, 0.25) is 20.1 Å². The van der Waals surface area contributed by atoms with Gasteiger partial charge in [-0.15, -0.1) is 0 Å². The number of nitrogens with one attached hydrogen (secondary N) is 3. The monoisotopic (exact) mass is 615 g/mol. The van der Waals surface area contributed by atoms with Crippen molar-refractivity contribution in [1.82, 2.24) is 0 Å². The number of amides is 1. The van der Waals surface area contributed by atoms with Gasteiger partial charge >= 0.3 is 0 Å². The molecule has 0 unspecified atom stereocenters. The second-order valence-corrected chi connectivity index (χ2v) is 12.9. The van der Waals surface area contributed by atoms with Gasteiger partial charge in [-0.25, -0.2) is 16.8 Å². The van der Waals surface area contributed by atoms with Crippen molar-refractivity contribution in [3.8, 4) is 0 Å². The number of carbonyl (C=O) groups excluding carboxylic acids is 1. The lowest BCUT2D eigenvalue weighted by Crippen LogP contribution is -2.18. The standard InChI is InChI=1S/C23H13Cl4N3O5S2/c24-11-4-6-15(26)17(8-11)29-36(32,33)19-10-20(22-21-13(19)2-1-3-14(21)23(31)28-22)37(34,35)30-18-9-12(25)5-7-16(18)27/h1-10,29-30H,(H,28,31). The molecule has 1 aliphatic heterocycles. The van der Waals surface area contributed by atoms with E-state index in [2.05, 4.69) is 14.8 Å². The van der Waals surface area contributed by atoms with Crippen LogP contribution in [0.1, 0.15) is 10.4 Å². The molecule has 0 aliphatic carbocycles. The fourth-order valence-corrected chi connectivity index (χ4v) is 7.32. The van der Waals surface area contributed by atoms with E-state index in [1.807, 2.05) is 0 Å². The van der Waals surface area contributed by atoms with Gasteiger partial charge in [-0.1, -0.05) is 58.5 Å². The molecular weight excluding hydrogens is 604 g/mol. The van der Waals surface area contributed by atoms with E-state index in [9.17, 15) is 21.6 Å². The van der Waals surface area contributed by atoms with Crippen molar-refractivity contribution >= 4 is 100 Å². The van der Waals surface area contributed by atoms with Crippen LogP contribution in [0.4, 0.5) is 17.1 Å². The van der Waals surface area contributed by atoms with Crippen LogP contribution in [0.5, 0.6) is 0 Å². The van der Waals surface area contributed by atoms with Gasteiger partial charge in [0.1, 0.15) is 4.90 Å². The summed E-state index contributed by atoms with van der Waals surface area (Å²) in [6.45, 7) is 0. The van der Waals surface area contributed by atoms with Crippen molar-refractivity contribution in [3.05, 3.63) is 86.3 Å². The maximum absolute atomic E-state index is 13.6. The molecule has 0 bridgehead atoms. The summed E-state index contributed by atoms with van der Waals surface area (Å²) in [6.07, 6.45) is 0. The van der Waals surface area contributed by atoms with E-state index in [-0.39, 0.29) is 53.5 Å². The molecule has 8 nitrogen and oxygen atoms in total. The zero-order chi connectivity index (χ0) is 26.7. The van der Waals surface area contributed by atoms with Gasteiger partial charge in [-0.2, -0.15) is 0 Å². The summed E-state index contributed by atoms with van der Waals surface area (Å²) in [6, 6.07) is 13.7. The van der Waals surface area contributed by atoms with E-state index in [1.165, 1.54) is 54.6 Å². The van der Waals surface area contributed by atoms with Gasteiger partial charge in [0.2, 0.25) is 0 Å². The minimum atomic E-state index is -4.49. The number of hydrogen-bond acceptors (Lipinski definition) is 5. The van der Waals surface area contributed by atoms with Crippen LogP contribution in [0.25, 0.3) is 10.8 Å². The Bertz CT molecular complexity index is 1860. The maximum atomic E-state index is 13.6. The van der Waals surface area contributed by atoms with Gasteiger partial charge in [0, 0.05) is 26.4 Å². The van der Waals surface area contributed by atoms with Crippen molar-refractivity contribution in [1.29, 1.82) is 0 Å². The van der Waals surface area contributed by atoms with Crippen molar-refractivity contribution < 1.29 is 21.6 Å². The molecule has 4 aromatic carbocycles. The molecule has 0 spiro atoms. The Morgan fingerprint density at radius 2 is 1.22 bits per heavy atom. The number of halogens is 4. The molecule has 190 valence electrons. The molecule has 0 saturated carbocycles. The maximum Gasteiger partial charge on any atom is 0.264 e. The Morgan fingerprint density at radius 3 is 1.78 bits per heavy atom. The van der Waals surface area contributed by atoms with Gasteiger partial charge in [0.15, 0.2) is 0 Å². The molecule has 0 fully saturated rings. The Kier molecular flexibility index (Phi) is 6.46. The van der Waals surface area contributed by atoms with Crippen molar-refractivity contribution in [3.63, 3.8) is 0 Å². The molecule has 3 N–H and O–H groups in total. The average molecular weight is 617 g/mol. The average Bonchev–Trinajstić information content (AvgIpc) is 3.16. The summed E-state index contributed by atoms with van der Waals surface area (Å²) >= 11 is 24.2. The molecule has 0 aromatic heterocycles. The van der Waals surface area contributed by atoms with Gasteiger partial charge in [0.25, 0.3) is 26.0 Å². The lowest BCUT2D eigenvalue weighted by atomic mass is 10.1. The van der Waals surface area contributed by atoms with Crippen LogP contribution in [-0.4, -0.2) is 22.7 Å². The van der Waals surface area contributed by atoms with Crippen LogP contribution in [0.15, 0.2) is 70.5 Å². The van der Waals surface area contributed by atoms with Crippen LogP contribution in [0, 0.1) is 0 Å². The zero-order valence-corrected chi connectivity index (χ0v) is 22.8. The Balaban J connectivity index is 1.74. The number of sulfonamides is 2. The van der Waals surface area contributed by atoms with Crippen LogP contribution < -0.4 is 14.8 Å². The quantitative estimate of drug-likeness (QED) is 0.225. The third-order valence-corrected chi connectivity index (χ3v) is 9.42. The summed E-state index contributed by atoms with van der Waals surface area (Å²) in [5, 5.41) is 3.35. The Labute approximate surface area is 231 Å². The van der Waals surface area contributed by atoms with Crippen molar-refractivity contribution in [2.75, 3.05) is 14.8 Å². The molecule has 1 aliphatic rings. The largest absolute Gasteiger partial charge is 0.320 e. The highest BCUT2D eigenvalue weighted by Crippen LogP contribution is 2.43. The topological polar surface area (TPSA) is 121 Å². The second kappa shape index (κ2) is 9.23. The van der Waals surface area contributed by atoms with Crippen molar-refractivity contribution in [2.24, 2.45) is 0 Å². The van der Waals surface area contributed by atoms with E-state index in [4.69, 9.17) is 46.4 Å². The smallest absolute Gasteiger partial charge is 0.264 e. The highest BCUT2D eigenvalue weighted by molar-refractivity contribution is 7.93. The number of benzene rings is 4. The van der Waals surface area contributed by atoms with E-state index < -0.39 is 35.7 Å². The van der Waals surface area contributed by atoms with Gasteiger partial charge in [0.05, 0.1) is 32.0 Å². The molecule has 1 heterocycles. The fourth-order valence-electron chi connectivity index (χ4n) is 3.90. The van der Waals surface area contributed by atoms with Crippen molar-refractivity contribution in [2.45, 2.75) is 9.79 Å². The van der Waals surface area contributed by atoms with E-state index in [1.54, 1.807) is 0 Å². The van der Waals surface area contributed by atoms with Crippen LogP contribution in [-0.2, 0) is 20.0 Å². The van der Waals surface area contributed by atoms with Gasteiger partial charge in [-0.3, -0.25) is 14.2 Å². The normalized spacial score (nSPS) is 13.0. The van der Waals surface area contributed by atoms with Crippen LogP contribution in [0.3, 0.4) is 0 Å². The first kappa shape index (κ1) is 25.9. The Hall–Kier alpha value is -2.73. The number of rotatable bonds is 6. The second-order valence-electron chi connectivity index (χ2n) is 7.89. The zero-order valence-electron chi connectivity index (χ0n) is 18.1. The summed E-state index contributed by atoms with van der Waals surface area (Å²) in [7, 11) is -8.94. The van der Waals surface area contributed by atoms with Gasteiger partial charge in [-0.05, 0) is 48.5 Å². The molecule has 1 amide bonds. The lowest BCUT2D eigenvalue weighted by Gasteiger charge is -2.17. The summed E-state index contributed by atoms with van der Waals surface area (Å²) in [4.78, 5) is 11.8. The minimum Gasteiger partial charge on any atom is -0.320 e. The molecule has 5 rings (SSSR count). The molecular formula is C23H13Cl4N3O5S2. The molecule has 0 radical (unpaired) electrons. The first-order chi connectivity index (χ1) is 17.4. The molecule has 4 aromatic rings. The highest BCUT2D eigenvalue weighted by Gasteiger charge is 2.34. The third kappa shape index (κ3) is 4.69. The fraction of sp³-hybridized carbons (Fsp3) is 0.